The summed E-state index contributed by atoms with van der Waals surface area (Å²) in [6.45, 7) is 0. The highest BCUT2D eigenvalue weighted by atomic mass is 19.4. The maximum Gasteiger partial charge on any atom is 0.419 e. The molecule has 2 aromatic rings. The van der Waals surface area contributed by atoms with Gasteiger partial charge in [-0.3, -0.25) is 4.79 Å². The van der Waals surface area contributed by atoms with Gasteiger partial charge in [-0.25, -0.2) is 4.39 Å². The fraction of sp³-hybridized carbons (Fsp3) is 0.188. The molecule has 1 unspecified atom stereocenters. The minimum atomic E-state index is -4.74. The Morgan fingerprint density at radius 3 is 2.39 bits per heavy atom. The summed E-state index contributed by atoms with van der Waals surface area (Å²) >= 11 is 0. The summed E-state index contributed by atoms with van der Waals surface area (Å²) in [6.07, 6.45) is -5.83. The van der Waals surface area contributed by atoms with Crippen molar-refractivity contribution in [1.29, 1.82) is 0 Å². The smallest absolute Gasteiger partial charge is 0.383 e. The van der Waals surface area contributed by atoms with Gasteiger partial charge < -0.3 is 10.4 Å². The molecule has 0 saturated carbocycles. The SMILES string of the molecule is O=C1Nc2ccc(-c3ccc(C(F)(F)F)c(F)c3)cc2CC1O. The molecule has 0 bridgehead atoms. The van der Waals surface area contributed by atoms with E-state index < -0.39 is 29.6 Å². The van der Waals surface area contributed by atoms with Gasteiger partial charge in [-0.05, 0) is 41.0 Å². The van der Waals surface area contributed by atoms with Crippen molar-refractivity contribution in [2.45, 2.75) is 18.7 Å². The molecule has 23 heavy (non-hydrogen) atoms. The summed E-state index contributed by atoms with van der Waals surface area (Å²) in [5.41, 5.74) is 0.623. The van der Waals surface area contributed by atoms with Gasteiger partial charge >= 0.3 is 6.18 Å². The summed E-state index contributed by atoms with van der Waals surface area (Å²) in [4.78, 5) is 11.4. The molecule has 3 rings (SSSR count). The molecule has 1 atom stereocenters. The van der Waals surface area contributed by atoms with Crippen molar-refractivity contribution in [2.75, 3.05) is 5.32 Å². The normalized spacial score (nSPS) is 17.6. The molecule has 0 fully saturated rings. The average molecular weight is 325 g/mol. The van der Waals surface area contributed by atoms with Crippen molar-refractivity contribution in [3.63, 3.8) is 0 Å². The number of rotatable bonds is 1. The number of halogens is 4. The fourth-order valence-corrected chi connectivity index (χ4v) is 2.51. The van der Waals surface area contributed by atoms with Crippen LogP contribution in [0.1, 0.15) is 11.1 Å². The van der Waals surface area contributed by atoms with Gasteiger partial charge in [0.15, 0.2) is 0 Å². The second-order valence-corrected chi connectivity index (χ2v) is 5.27. The molecule has 2 N–H and O–H groups in total. The first-order valence-electron chi connectivity index (χ1n) is 6.74. The van der Waals surface area contributed by atoms with Crippen molar-refractivity contribution in [1.82, 2.24) is 0 Å². The zero-order valence-electron chi connectivity index (χ0n) is 11.6. The van der Waals surface area contributed by atoms with Gasteiger partial charge in [0.2, 0.25) is 0 Å². The maximum atomic E-state index is 13.7. The van der Waals surface area contributed by atoms with Gasteiger partial charge in [-0.2, -0.15) is 13.2 Å². The zero-order valence-corrected chi connectivity index (χ0v) is 11.6. The summed E-state index contributed by atoms with van der Waals surface area (Å²) in [5.74, 6) is -1.85. The Bertz CT molecular complexity index is 786. The molecule has 0 aliphatic carbocycles. The van der Waals surface area contributed by atoms with Crippen LogP contribution in [0.15, 0.2) is 36.4 Å². The Hall–Kier alpha value is -2.41. The number of amides is 1. The van der Waals surface area contributed by atoms with Crippen LogP contribution in [0.5, 0.6) is 0 Å². The van der Waals surface area contributed by atoms with Crippen LogP contribution in [0.25, 0.3) is 11.1 Å². The number of benzene rings is 2. The van der Waals surface area contributed by atoms with Crippen LogP contribution < -0.4 is 5.32 Å². The molecule has 0 aromatic heterocycles. The van der Waals surface area contributed by atoms with Gasteiger partial charge in [-0.15, -0.1) is 0 Å². The minimum absolute atomic E-state index is 0.0954. The van der Waals surface area contributed by atoms with Crippen molar-refractivity contribution in [3.8, 4) is 11.1 Å². The summed E-state index contributed by atoms with van der Waals surface area (Å²) in [5, 5.41) is 12.1. The third-order valence-corrected chi connectivity index (χ3v) is 3.69. The van der Waals surface area contributed by atoms with E-state index in [1.54, 1.807) is 18.2 Å². The van der Waals surface area contributed by atoms with E-state index >= 15 is 0 Å². The van der Waals surface area contributed by atoms with Crippen LogP contribution in [0, 0.1) is 5.82 Å². The average Bonchev–Trinajstić information content (AvgIpc) is 2.46. The van der Waals surface area contributed by atoms with Gasteiger partial charge in [0, 0.05) is 12.1 Å². The van der Waals surface area contributed by atoms with Crippen LogP contribution in [0.2, 0.25) is 0 Å². The van der Waals surface area contributed by atoms with E-state index in [1.807, 2.05) is 0 Å². The number of carbonyl (C=O) groups is 1. The topological polar surface area (TPSA) is 49.3 Å². The molecule has 7 heteroatoms. The molecule has 0 radical (unpaired) electrons. The van der Waals surface area contributed by atoms with Crippen molar-refractivity contribution >= 4 is 11.6 Å². The molecule has 1 amide bonds. The summed E-state index contributed by atoms with van der Waals surface area (Å²) in [7, 11) is 0. The minimum Gasteiger partial charge on any atom is -0.383 e. The van der Waals surface area contributed by atoms with Gasteiger partial charge in [0.05, 0.1) is 5.56 Å². The standard InChI is InChI=1S/C16H11F4NO2/c17-12-6-9(1-3-11(12)16(18,19)20)8-2-4-13-10(5-8)7-14(22)15(23)21-13/h1-6,14,22H,7H2,(H,21,23). The number of nitrogens with one attached hydrogen (secondary N) is 1. The molecule has 1 aliphatic heterocycles. The Balaban J connectivity index is 1.99. The van der Waals surface area contributed by atoms with Gasteiger partial charge in [0.1, 0.15) is 11.9 Å². The first-order valence-corrected chi connectivity index (χ1v) is 6.74. The molecule has 3 nitrogen and oxygen atoms in total. The van der Waals surface area contributed by atoms with Crippen LogP contribution in [0.4, 0.5) is 23.2 Å². The van der Waals surface area contributed by atoms with Crippen molar-refractivity contribution in [3.05, 3.63) is 53.3 Å². The molecule has 2 aromatic carbocycles. The van der Waals surface area contributed by atoms with E-state index in [2.05, 4.69) is 5.32 Å². The molecule has 0 saturated heterocycles. The number of aliphatic hydroxyl groups is 1. The van der Waals surface area contributed by atoms with Gasteiger partial charge in [-0.1, -0.05) is 12.1 Å². The molecule has 1 aliphatic rings. The number of alkyl halides is 3. The Labute approximate surface area is 128 Å². The van der Waals surface area contributed by atoms with E-state index in [0.29, 0.717) is 22.9 Å². The monoisotopic (exact) mass is 325 g/mol. The Morgan fingerprint density at radius 1 is 1.09 bits per heavy atom. The Morgan fingerprint density at radius 2 is 1.74 bits per heavy atom. The third kappa shape index (κ3) is 2.92. The van der Waals surface area contributed by atoms with Gasteiger partial charge in [0.25, 0.3) is 5.91 Å². The lowest BCUT2D eigenvalue weighted by atomic mass is 9.95. The van der Waals surface area contributed by atoms with E-state index in [1.165, 1.54) is 6.07 Å². The second kappa shape index (κ2) is 5.34. The largest absolute Gasteiger partial charge is 0.419 e. The van der Waals surface area contributed by atoms with E-state index in [-0.39, 0.29) is 12.0 Å². The highest BCUT2D eigenvalue weighted by Gasteiger charge is 2.34. The molecule has 0 spiro atoms. The maximum absolute atomic E-state index is 13.7. The zero-order chi connectivity index (χ0) is 16.8. The highest BCUT2D eigenvalue weighted by Crippen LogP contribution is 2.34. The van der Waals surface area contributed by atoms with E-state index in [4.69, 9.17) is 0 Å². The lowest BCUT2D eigenvalue weighted by molar-refractivity contribution is -0.140. The number of fused-ring (bicyclic) bond motifs is 1. The van der Waals surface area contributed by atoms with E-state index in [9.17, 15) is 27.5 Å². The number of hydrogen-bond acceptors (Lipinski definition) is 2. The predicted molar refractivity (Wildman–Crippen MR) is 75.2 cm³/mol. The van der Waals surface area contributed by atoms with Crippen LogP contribution in [0.3, 0.4) is 0 Å². The first kappa shape index (κ1) is 15.5. The lowest BCUT2D eigenvalue weighted by Gasteiger charge is -2.21. The number of hydrogen-bond donors (Lipinski definition) is 2. The molecular weight excluding hydrogens is 314 g/mol. The Kier molecular flexibility index (Phi) is 3.60. The summed E-state index contributed by atoms with van der Waals surface area (Å²) in [6, 6.07) is 7.46. The van der Waals surface area contributed by atoms with Crippen LogP contribution in [-0.4, -0.2) is 17.1 Å². The third-order valence-electron chi connectivity index (χ3n) is 3.69. The highest BCUT2D eigenvalue weighted by molar-refractivity contribution is 5.97. The lowest BCUT2D eigenvalue weighted by Crippen LogP contribution is -2.34. The van der Waals surface area contributed by atoms with Crippen LogP contribution >= 0.6 is 0 Å². The van der Waals surface area contributed by atoms with E-state index in [0.717, 1.165) is 6.07 Å². The predicted octanol–water partition coefficient (Wildman–Crippen LogP) is 3.37. The molecule has 1 heterocycles. The molecule has 120 valence electrons. The second-order valence-electron chi connectivity index (χ2n) is 5.27. The van der Waals surface area contributed by atoms with Crippen LogP contribution in [-0.2, 0) is 17.4 Å². The number of carbonyl (C=O) groups excluding carboxylic acids is 1. The number of aliphatic hydroxyl groups excluding tert-OH is 1. The fourth-order valence-electron chi connectivity index (χ4n) is 2.51. The number of anilines is 1. The summed E-state index contributed by atoms with van der Waals surface area (Å²) < 4.78 is 51.4. The molecular formula is C16H11F4NO2. The van der Waals surface area contributed by atoms with Crippen molar-refractivity contribution in [2.24, 2.45) is 0 Å². The quantitative estimate of drug-likeness (QED) is 0.790. The first-order chi connectivity index (χ1) is 10.8. The van der Waals surface area contributed by atoms with Crippen molar-refractivity contribution < 1.29 is 27.5 Å².